The van der Waals surface area contributed by atoms with Gasteiger partial charge in [-0.15, -0.1) is 0 Å². The summed E-state index contributed by atoms with van der Waals surface area (Å²) in [6.45, 7) is 3.55. The van der Waals surface area contributed by atoms with E-state index in [0.29, 0.717) is 40.3 Å². The minimum absolute atomic E-state index is 0.127. The van der Waals surface area contributed by atoms with Crippen molar-refractivity contribution < 1.29 is 22.3 Å². The fourth-order valence-corrected chi connectivity index (χ4v) is 4.56. The van der Waals surface area contributed by atoms with Crippen LogP contribution < -0.4 is 4.74 Å². The van der Waals surface area contributed by atoms with Crippen LogP contribution in [0.3, 0.4) is 0 Å². The van der Waals surface area contributed by atoms with Crippen molar-refractivity contribution in [1.82, 2.24) is 9.38 Å². The molecule has 35 heavy (non-hydrogen) atoms. The number of pyridine rings is 1. The Kier molecular flexibility index (Phi) is 5.36. The van der Waals surface area contributed by atoms with Crippen molar-refractivity contribution in [2.24, 2.45) is 0 Å². The van der Waals surface area contributed by atoms with Crippen LogP contribution in [0.1, 0.15) is 46.1 Å². The number of alkyl halides is 3. The van der Waals surface area contributed by atoms with Crippen LogP contribution in [0.15, 0.2) is 60.3 Å². The summed E-state index contributed by atoms with van der Waals surface area (Å²) in [5.41, 5.74) is 4.46. The van der Waals surface area contributed by atoms with E-state index in [4.69, 9.17) is 4.74 Å². The van der Waals surface area contributed by atoms with Crippen molar-refractivity contribution in [1.29, 1.82) is 5.26 Å². The molecule has 2 aromatic carbocycles. The minimum Gasteiger partial charge on any atom is -0.488 e. The van der Waals surface area contributed by atoms with Gasteiger partial charge >= 0.3 is 6.18 Å². The van der Waals surface area contributed by atoms with Gasteiger partial charge in [0.2, 0.25) is 0 Å². The molecule has 0 saturated heterocycles. The largest absolute Gasteiger partial charge is 0.488 e. The first-order valence-corrected chi connectivity index (χ1v) is 10.9. The van der Waals surface area contributed by atoms with Crippen LogP contribution in [-0.2, 0) is 19.2 Å². The van der Waals surface area contributed by atoms with Gasteiger partial charge in [-0.25, -0.2) is 9.37 Å². The maximum absolute atomic E-state index is 13.9. The van der Waals surface area contributed by atoms with E-state index in [2.05, 4.69) is 11.1 Å². The van der Waals surface area contributed by atoms with E-state index in [1.807, 2.05) is 18.2 Å². The first-order valence-electron chi connectivity index (χ1n) is 10.9. The van der Waals surface area contributed by atoms with Gasteiger partial charge in [0.05, 0.1) is 17.3 Å². The van der Waals surface area contributed by atoms with Crippen LogP contribution in [0.4, 0.5) is 17.6 Å². The fourth-order valence-electron chi connectivity index (χ4n) is 4.56. The van der Waals surface area contributed by atoms with E-state index in [1.165, 1.54) is 22.6 Å². The molecule has 0 amide bonds. The Hall–Kier alpha value is -4.12. The van der Waals surface area contributed by atoms with Crippen molar-refractivity contribution in [3.63, 3.8) is 0 Å². The number of nitriles is 1. The summed E-state index contributed by atoms with van der Waals surface area (Å²) >= 11 is 0. The van der Waals surface area contributed by atoms with Crippen LogP contribution in [0, 0.1) is 24.1 Å². The highest BCUT2D eigenvalue weighted by molar-refractivity contribution is 5.88. The summed E-state index contributed by atoms with van der Waals surface area (Å²) < 4.78 is 61.6. The molecule has 1 aliphatic heterocycles. The van der Waals surface area contributed by atoms with Gasteiger partial charge in [-0.3, -0.25) is 0 Å². The van der Waals surface area contributed by atoms with Gasteiger partial charge < -0.3 is 9.14 Å². The molecule has 0 unspecified atom stereocenters. The molecule has 4 nitrogen and oxygen atoms in total. The lowest BCUT2D eigenvalue weighted by Gasteiger charge is -2.13. The second-order valence-corrected chi connectivity index (χ2v) is 8.47. The van der Waals surface area contributed by atoms with Gasteiger partial charge in [0.1, 0.15) is 23.8 Å². The highest BCUT2D eigenvalue weighted by atomic mass is 19.4. The molecular formula is C27H19F4N3O. The third kappa shape index (κ3) is 3.93. The molecule has 0 radical (unpaired) electrons. The van der Waals surface area contributed by atoms with Crippen LogP contribution in [0.2, 0.25) is 0 Å². The van der Waals surface area contributed by atoms with Crippen molar-refractivity contribution >= 4 is 11.2 Å². The monoisotopic (exact) mass is 477 g/mol. The highest BCUT2D eigenvalue weighted by Crippen LogP contribution is 2.39. The summed E-state index contributed by atoms with van der Waals surface area (Å²) in [5.74, 6) is -0.0877. The van der Waals surface area contributed by atoms with E-state index < -0.39 is 17.6 Å². The normalized spacial score (nSPS) is 14.5. The predicted molar refractivity (Wildman–Crippen MR) is 122 cm³/mol. The smallest absolute Gasteiger partial charge is 0.419 e. The van der Waals surface area contributed by atoms with Gasteiger partial charge in [0.15, 0.2) is 0 Å². The van der Waals surface area contributed by atoms with Crippen LogP contribution >= 0.6 is 0 Å². The molecule has 5 rings (SSSR count). The lowest BCUT2D eigenvalue weighted by molar-refractivity contribution is -0.136. The van der Waals surface area contributed by atoms with E-state index >= 15 is 0 Å². The summed E-state index contributed by atoms with van der Waals surface area (Å²) in [6, 6.07) is 14.5. The molecule has 3 heterocycles. The topological polar surface area (TPSA) is 50.3 Å². The van der Waals surface area contributed by atoms with Crippen LogP contribution in [0.5, 0.6) is 5.75 Å². The zero-order valence-corrected chi connectivity index (χ0v) is 18.9. The molecule has 0 fully saturated rings. The maximum atomic E-state index is 13.9. The number of allylic oxidation sites excluding steroid dienone is 1. The molecule has 2 aromatic heterocycles. The maximum Gasteiger partial charge on any atom is 0.419 e. The standard InChI is InChI=1S/C27H19F4N3O/c1-15(13-32)25-20-7-5-17(10-18(20)14-35-24-12-19(28)6-8-21(24)25)11-23-16(2)33-26-22(27(29,30)31)4-3-9-34(23)26/h3-10,12H,11,14H2,1-2H3. The lowest BCUT2D eigenvalue weighted by Crippen LogP contribution is -2.08. The summed E-state index contributed by atoms with van der Waals surface area (Å²) in [4.78, 5) is 4.20. The summed E-state index contributed by atoms with van der Waals surface area (Å²) in [6.07, 6.45) is -2.58. The average molecular weight is 477 g/mol. The number of aryl methyl sites for hydroxylation is 1. The van der Waals surface area contributed by atoms with Gasteiger partial charge in [-0.05, 0) is 54.8 Å². The van der Waals surface area contributed by atoms with Crippen molar-refractivity contribution in [3.8, 4) is 11.8 Å². The zero-order chi connectivity index (χ0) is 24.9. The number of halogens is 4. The number of benzene rings is 2. The van der Waals surface area contributed by atoms with E-state index in [-0.39, 0.29) is 12.3 Å². The number of rotatable bonds is 2. The van der Waals surface area contributed by atoms with E-state index in [1.54, 1.807) is 26.1 Å². The fraction of sp³-hybridized carbons (Fsp3) is 0.185. The summed E-state index contributed by atoms with van der Waals surface area (Å²) in [5, 5.41) is 9.61. The Morgan fingerprint density at radius 2 is 1.91 bits per heavy atom. The Balaban J connectivity index is 1.59. The average Bonchev–Trinajstić information content (AvgIpc) is 3.04. The second kappa shape index (κ2) is 8.27. The quantitative estimate of drug-likeness (QED) is 0.241. The molecule has 1 aliphatic rings. The van der Waals surface area contributed by atoms with Gasteiger partial charge in [0, 0.05) is 41.1 Å². The van der Waals surface area contributed by atoms with Gasteiger partial charge in [-0.1, -0.05) is 18.2 Å². The molecule has 8 heteroatoms. The van der Waals surface area contributed by atoms with Crippen molar-refractivity contribution in [2.45, 2.75) is 33.1 Å². The SMILES string of the molecule is CC(C#N)=C1c2ccc(Cc3c(C)nc4c(C(F)(F)F)cccn34)cc2COc2cc(F)ccc21. The van der Waals surface area contributed by atoms with Crippen molar-refractivity contribution in [2.75, 3.05) is 0 Å². The molecule has 4 aromatic rings. The van der Waals surface area contributed by atoms with Crippen LogP contribution in [0.25, 0.3) is 11.2 Å². The molecule has 0 bridgehead atoms. The van der Waals surface area contributed by atoms with Crippen molar-refractivity contribution in [3.05, 3.63) is 105 Å². The Morgan fingerprint density at radius 3 is 2.66 bits per heavy atom. The Morgan fingerprint density at radius 1 is 1.14 bits per heavy atom. The second-order valence-electron chi connectivity index (χ2n) is 8.47. The molecular weight excluding hydrogens is 458 g/mol. The van der Waals surface area contributed by atoms with E-state index in [9.17, 15) is 22.8 Å². The predicted octanol–water partition coefficient (Wildman–Crippen LogP) is 6.63. The number of imidazole rings is 1. The highest BCUT2D eigenvalue weighted by Gasteiger charge is 2.34. The molecule has 0 spiro atoms. The molecule has 176 valence electrons. The third-order valence-corrected chi connectivity index (χ3v) is 6.20. The Bertz CT molecular complexity index is 1560. The van der Waals surface area contributed by atoms with E-state index in [0.717, 1.165) is 22.8 Å². The lowest BCUT2D eigenvalue weighted by atomic mass is 9.89. The molecule has 0 saturated carbocycles. The number of aromatic nitrogens is 2. The number of fused-ring (bicyclic) bond motifs is 3. The summed E-state index contributed by atoms with van der Waals surface area (Å²) in [7, 11) is 0. The number of hydrogen-bond acceptors (Lipinski definition) is 3. The zero-order valence-electron chi connectivity index (χ0n) is 18.9. The Labute approximate surface area is 198 Å². The third-order valence-electron chi connectivity index (χ3n) is 6.20. The molecule has 0 atom stereocenters. The first-order chi connectivity index (χ1) is 16.7. The van der Waals surface area contributed by atoms with Crippen LogP contribution in [-0.4, -0.2) is 9.38 Å². The number of hydrogen-bond donors (Lipinski definition) is 0. The minimum atomic E-state index is -4.51. The molecule has 0 N–H and O–H groups in total. The first kappa shape index (κ1) is 22.7. The van der Waals surface area contributed by atoms with Gasteiger partial charge in [0.25, 0.3) is 0 Å². The molecule has 0 aliphatic carbocycles. The number of ether oxygens (including phenoxy) is 1. The number of nitrogens with zero attached hydrogens (tertiary/aromatic N) is 3. The van der Waals surface area contributed by atoms with Gasteiger partial charge in [-0.2, -0.15) is 18.4 Å².